The average Bonchev–Trinajstić information content (AvgIpc) is 2.85. The molecule has 0 bridgehead atoms. The lowest BCUT2D eigenvalue weighted by Gasteiger charge is -2.34. The second-order valence-corrected chi connectivity index (χ2v) is 8.67. The Kier molecular flexibility index (Phi) is 9.23. The van der Waals surface area contributed by atoms with Crippen molar-refractivity contribution in [2.45, 2.75) is 26.4 Å². The number of carbonyl (C=O) groups is 1. The first-order valence-electron chi connectivity index (χ1n) is 11.9. The van der Waals surface area contributed by atoms with Crippen LogP contribution in [0.3, 0.4) is 0 Å². The quantitative estimate of drug-likeness (QED) is 0.401. The highest BCUT2D eigenvalue weighted by Crippen LogP contribution is 2.30. The van der Waals surface area contributed by atoms with Crippen LogP contribution in [-0.2, 0) is 6.54 Å². The number of carbonyl (C=O) groups excluding carboxylic acids is 1. The molecular weight excluding hydrogens is 406 g/mol. The van der Waals surface area contributed by atoms with E-state index in [1.165, 1.54) is 16.7 Å². The molecule has 1 atom stereocenters. The minimum atomic E-state index is 0.0940. The number of hydrogen-bond acceptors (Lipinski definition) is 3. The molecule has 0 spiro atoms. The van der Waals surface area contributed by atoms with Crippen molar-refractivity contribution in [1.82, 2.24) is 14.7 Å². The number of benzene rings is 3. The standard InChI is InChI=1S/C29H37N3O/c1-5-31(6-2)29(33)27-19-17-26(18-20-27)28(25-15-11-8-12-16-25)32(22-21-30(3)4)23-24-13-9-7-10-14-24/h7-20,28H,5-6,21-23H2,1-4H3. The molecule has 0 heterocycles. The maximum atomic E-state index is 12.8. The zero-order valence-electron chi connectivity index (χ0n) is 20.4. The second-order valence-electron chi connectivity index (χ2n) is 8.67. The summed E-state index contributed by atoms with van der Waals surface area (Å²) >= 11 is 0. The summed E-state index contributed by atoms with van der Waals surface area (Å²) in [5.41, 5.74) is 4.50. The Morgan fingerprint density at radius 3 is 1.82 bits per heavy atom. The number of hydrogen-bond donors (Lipinski definition) is 0. The maximum Gasteiger partial charge on any atom is 0.253 e. The van der Waals surface area contributed by atoms with Crippen molar-refractivity contribution >= 4 is 5.91 Å². The van der Waals surface area contributed by atoms with Crippen LogP contribution in [0.15, 0.2) is 84.9 Å². The van der Waals surface area contributed by atoms with Gasteiger partial charge >= 0.3 is 0 Å². The molecule has 4 nitrogen and oxygen atoms in total. The van der Waals surface area contributed by atoms with E-state index in [1.807, 2.05) is 30.9 Å². The lowest BCUT2D eigenvalue weighted by molar-refractivity contribution is 0.0773. The minimum absolute atomic E-state index is 0.0940. The molecular formula is C29H37N3O. The zero-order valence-corrected chi connectivity index (χ0v) is 20.4. The lowest BCUT2D eigenvalue weighted by atomic mass is 9.95. The van der Waals surface area contributed by atoms with Crippen LogP contribution in [0.2, 0.25) is 0 Å². The molecule has 174 valence electrons. The van der Waals surface area contributed by atoms with E-state index in [-0.39, 0.29) is 11.9 Å². The van der Waals surface area contributed by atoms with Crippen LogP contribution in [0.25, 0.3) is 0 Å². The number of rotatable bonds is 11. The number of nitrogens with zero attached hydrogens (tertiary/aromatic N) is 3. The van der Waals surface area contributed by atoms with E-state index < -0.39 is 0 Å². The Bertz CT molecular complexity index is 967. The molecule has 1 unspecified atom stereocenters. The van der Waals surface area contributed by atoms with Crippen LogP contribution >= 0.6 is 0 Å². The van der Waals surface area contributed by atoms with Gasteiger partial charge in [0.05, 0.1) is 6.04 Å². The number of amides is 1. The fourth-order valence-corrected chi connectivity index (χ4v) is 4.20. The Balaban J connectivity index is 1.98. The van der Waals surface area contributed by atoms with E-state index in [4.69, 9.17) is 0 Å². The van der Waals surface area contributed by atoms with Crippen molar-refractivity contribution in [2.75, 3.05) is 40.3 Å². The molecule has 0 aliphatic carbocycles. The van der Waals surface area contributed by atoms with E-state index in [9.17, 15) is 4.79 Å². The normalized spacial score (nSPS) is 12.2. The van der Waals surface area contributed by atoms with Crippen LogP contribution in [0.4, 0.5) is 0 Å². The first-order chi connectivity index (χ1) is 16.0. The number of likely N-dealkylation sites (N-methyl/N-ethyl adjacent to an activating group) is 1. The van der Waals surface area contributed by atoms with Gasteiger partial charge in [0.25, 0.3) is 5.91 Å². The molecule has 3 aromatic rings. The highest BCUT2D eigenvalue weighted by Gasteiger charge is 2.23. The van der Waals surface area contributed by atoms with E-state index in [0.29, 0.717) is 0 Å². The van der Waals surface area contributed by atoms with Crippen molar-refractivity contribution in [3.05, 3.63) is 107 Å². The van der Waals surface area contributed by atoms with Crippen molar-refractivity contribution in [1.29, 1.82) is 0 Å². The van der Waals surface area contributed by atoms with Crippen molar-refractivity contribution in [2.24, 2.45) is 0 Å². The smallest absolute Gasteiger partial charge is 0.253 e. The summed E-state index contributed by atoms with van der Waals surface area (Å²) in [5.74, 6) is 0.0940. The van der Waals surface area contributed by atoms with Crippen LogP contribution in [-0.4, -0.2) is 60.9 Å². The van der Waals surface area contributed by atoms with Crippen LogP contribution in [0.1, 0.15) is 46.9 Å². The molecule has 0 aliphatic rings. The summed E-state index contributed by atoms with van der Waals surface area (Å²) in [5, 5.41) is 0. The first-order valence-corrected chi connectivity index (χ1v) is 11.9. The molecule has 0 aromatic heterocycles. The maximum absolute atomic E-state index is 12.8. The Hall–Kier alpha value is -2.95. The predicted molar refractivity (Wildman–Crippen MR) is 137 cm³/mol. The highest BCUT2D eigenvalue weighted by atomic mass is 16.2. The van der Waals surface area contributed by atoms with Crippen molar-refractivity contribution in [3.8, 4) is 0 Å². The van der Waals surface area contributed by atoms with Gasteiger partial charge < -0.3 is 9.80 Å². The first kappa shape index (κ1) is 24.7. The molecule has 3 rings (SSSR count). The van der Waals surface area contributed by atoms with Gasteiger partial charge in [0, 0.05) is 38.3 Å². The third-order valence-corrected chi connectivity index (χ3v) is 6.07. The zero-order chi connectivity index (χ0) is 23.6. The fourth-order valence-electron chi connectivity index (χ4n) is 4.20. The summed E-state index contributed by atoms with van der Waals surface area (Å²) in [6, 6.07) is 29.6. The Morgan fingerprint density at radius 1 is 0.727 bits per heavy atom. The molecule has 3 aromatic carbocycles. The van der Waals surface area contributed by atoms with Crippen LogP contribution in [0, 0.1) is 0 Å². The van der Waals surface area contributed by atoms with Gasteiger partial charge in [-0.3, -0.25) is 9.69 Å². The van der Waals surface area contributed by atoms with Gasteiger partial charge in [-0.25, -0.2) is 0 Å². The molecule has 1 amide bonds. The van der Waals surface area contributed by atoms with Gasteiger partial charge in [0.15, 0.2) is 0 Å². The molecule has 0 radical (unpaired) electrons. The second kappa shape index (κ2) is 12.3. The molecule has 0 saturated carbocycles. The lowest BCUT2D eigenvalue weighted by Crippen LogP contribution is -2.35. The SMILES string of the molecule is CCN(CC)C(=O)c1ccc(C(c2ccccc2)N(CCN(C)C)Cc2ccccc2)cc1. The van der Waals surface area contributed by atoms with Gasteiger partial charge in [0.1, 0.15) is 0 Å². The van der Waals surface area contributed by atoms with Gasteiger partial charge in [-0.2, -0.15) is 0 Å². The Morgan fingerprint density at radius 2 is 1.27 bits per heavy atom. The van der Waals surface area contributed by atoms with Crippen molar-refractivity contribution in [3.63, 3.8) is 0 Å². The topological polar surface area (TPSA) is 26.8 Å². The summed E-state index contributed by atoms with van der Waals surface area (Å²) in [4.78, 5) is 19.4. The summed E-state index contributed by atoms with van der Waals surface area (Å²) in [7, 11) is 4.23. The van der Waals surface area contributed by atoms with Gasteiger partial charge in [0.2, 0.25) is 0 Å². The molecule has 33 heavy (non-hydrogen) atoms. The third kappa shape index (κ3) is 6.77. The van der Waals surface area contributed by atoms with Gasteiger partial charge in [-0.15, -0.1) is 0 Å². The van der Waals surface area contributed by atoms with Gasteiger partial charge in [-0.1, -0.05) is 72.8 Å². The molecule has 0 aliphatic heterocycles. The van der Waals surface area contributed by atoms with Crippen LogP contribution in [0.5, 0.6) is 0 Å². The molecule has 0 saturated heterocycles. The largest absolute Gasteiger partial charge is 0.339 e. The third-order valence-electron chi connectivity index (χ3n) is 6.07. The van der Waals surface area contributed by atoms with Crippen LogP contribution < -0.4 is 0 Å². The van der Waals surface area contributed by atoms with E-state index in [1.54, 1.807) is 0 Å². The summed E-state index contributed by atoms with van der Waals surface area (Å²) in [6.45, 7) is 8.24. The van der Waals surface area contributed by atoms with E-state index >= 15 is 0 Å². The molecule has 0 N–H and O–H groups in total. The van der Waals surface area contributed by atoms with Gasteiger partial charge in [-0.05, 0) is 56.8 Å². The Labute approximate surface area is 199 Å². The average molecular weight is 444 g/mol. The molecule has 0 fully saturated rings. The minimum Gasteiger partial charge on any atom is -0.339 e. The fraction of sp³-hybridized carbons (Fsp3) is 0.345. The summed E-state index contributed by atoms with van der Waals surface area (Å²) in [6.07, 6.45) is 0. The highest BCUT2D eigenvalue weighted by molar-refractivity contribution is 5.94. The van der Waals surface area contributed by atoms with E-state index in [2.05, 4.69) is 96.7 Å². The predicted octanol–water partition coefficient (Wildman–Crippen LogP) is 5.32. The molecule has 4 heteroatoms. The van der Waals surface area contributed by atoms with E-state index in [0.717, 1.165) is 38.3 Å². The monoisotopic (exact) mass is 443 g/mol. The summed E-state index contributed by atoms with van der Waals surface area (Å²) < 4.78 is 0. The van der Waals surface area contributed by atoms with Crippen molar-refractivity contribution < 1.29 is 4.79 Å².